The lowest BCUT2D eigenvalue weighted by Crippen LogP contribution is -2.32. The van der Waals surface area contributed by atoms with Gasteiger partial charge in [-0.1, -0.05) is 66.2 Å². The molecular weight excluding hydrogens is 412 g/mol. The molecule has 0 spiro atoms. The molecule has 5 nitrogen and oxygen atoms in total. The Balaban J connectivity index is 1.28. The van der Waals surface area contributed by atoms with Crippen LogP contribution in [0, 0.1) is 0 Å². The number of aromatic nitrogens is 2. The van der Waals surface area contributed by atoms with Crippen LogP contribution in [-0.2, 0) is 9.47 Å². The number of ether oxygens (including phenoxy) is 3. The largest absolute Gasteiger partial charge is 0.470 e. The summed E-state index contributed by atoms with van der Waals surface area (Å²) in [6.07, 6.45) is 0.968. The van der Waals surface area contributed by atoms with Gasteiger partial charge in [0, 0.05) is 18.2 Å². The number of nitrogens with one attached hydrogen (secondary N) is 1. The van der Waals surface area contributed by atoms with Crippen LogP contribution in [0.5, 0.6) is 5.88 Å². The minimum absolute atomic E-state index is 0.00153. The number of benzene rings is 2. The van der Waals surface area contributed by atoms with Gasteiger partial charge in [-0.15, -0.1) is 0 Å². The van der Waals surface area contributed by atoms with Crippen molar-refractivity contribution in [3.63, 3.8) is 0 Å². The molecule has 0 amide bonds. The fourth-order valence-corrected chi connectivity index (χ4v) is 4.68. The molecule has 2 aliphatic rings. The predicted molar refractivity (Wildman–Crippen MR) is 120 cm³/mol. The van der Waals surface area contributed by atoms with Gasteiger partial charge >= 0.3 is 0 Å². The van der Waals surface area contributed by atoms with Crippen molar-refractivity contribution in [3.05, 3.63) is 71.8 Å². The molecule has 31 heavy (non-hydrogen) atoms. The Kier molecular flexibility index (Phi) is 4.68. The fourth-order valence-electron chi connectivity index (χ4n) is 4.42. The summed E-state index contributed by atoms with van der Waals surface area (Å²) in [5, 5.41) is 0.594. The van der Waals surface area contributed by atoms with E-state index < -0.39 is 0 Å². The maximum Gasteiger partial charge on any atom is 0.193 e. The summed E-state index contributed by atoms with van der Waals surface area (Å²) in [6.45, 7) is 1.27. The van der Waals surface area contributed by atoms with Crippen molar-refractivity contribution in [1.82, 2.24) is 9.97 Å². The molecule has 2 aromatic carbocycles. The standard InChI is InChI=1S/C25H21ClN2O3/c26-18-12-19-20(13-23(27-19)31-22-14-30-21-10-11-29-25(21)22)28-24(18)17-8-6-16(7-9-17)15-4-2-1-3-5-15/h1-9,12-13,21-22,25,27H,10-11,14H2/t21?,22-,25?/m1/s1. The summed E-state index contributed by atoms with van der Waals surface area (Å²) in [5.74, 6) is 0.653. The van der Waals surface area contributed by atoms with Crippen molar-refractivity contribution >= 4 is 22.6 Å². The number of halogens is 1. The second-order valence-electron chi connectivity index (χ2n) is 7.98. The first-order chi connectivity index (χ1) is 15.2. The molecule has 0 radical (unpaired) electrons. The monoisotopic (exact) mass is 432 g/mol. The van der Waals surface area contributed by atoms with Gasteiger partial charge in [0.2, 0.25) is 0 Å². The number of rotatable bonds is 4. The van der Waals surface area contributed by atoms with Crippen molar-refractivity contribution < 1.29 is 14.2 Å². The molecule has 4 aromatic rings. The zero-order valence-electron chi connectivity index (χ0n) is 16.8. The van der Waals surface area contributed by atoms with Gasteiger partial charge in [-0.2, -0.15) is 0 Å². The van der Waals surface area contributed by atoms with E-state index in [0.717, 1.165) is 40.9 Å². The zero-order chi connectivity index (χ0) is 20.8. The van der Waals surface area contributed by atoms with E-state index in [2.05, 4.69) is 41.4 Å². The van der Waals surface area contributed by atoms with Crippen molar-refractivity contribution in [2.45, 2.75) is 24.7 Å². The average molecular weight is 433 g/mol. The van der Waals surface area contributed by atoms with Gasteiger partial charge in [0.05, 0.1) is 34.5 Å². The van der Waals surface area contributed by atoms with Gasteiger partial charge < -0.3 is 19.2 Å². The molecule has 1 N–H and O–H groups in total. The van der Waals surface area contributed by atoms with E-state index in [1.165, 1.54) is 5.56 Å². The fraction of sp³-hybridized carbons (Fsp3) is 0.240. The summed E-state index contributed by atoms with van der Waals surface area (Å²) in [7, 11) is 0. The summed E-state index contributed by atoms with van der Waals surface area (Å²) >= 11 is 6.58. The molecule has 156 valence electrons. The molecule has 3 atom stereocenters. The topological polar surface area (TPSA) is 56.4 Å². The molecule has 2 aromatic heterocycles. The van der Waals surface area contributed by atoms with Crippen molar-refractivity contribution in [2.75, 3.05) is 13.2 Å². The zero-order valence-corrected chi connectivity index (χ0v) is 17.5. The maximum atomic E-state index is 6.58. The van der Waals surface area contributed by atoms with Crippen LogP contribution in [0.15, 0.2) is 66.7 Å². The third kappa shape index (κ3) is 3.49. The van der Waals surface area contributed by atoms with Gasteiger partial charge in [-0.25, -0.2) is 4.98 Å². The maximum absolute atomic E-state index is 6.58. The summed E-state index contributed by atoms with van der Waals surface area (Å²) in [4.78, 5) is 8.08. The number of hydrogen-bond donors (Lipinski definition) is 1. The highest BCUT2D eigenvalue weighted by molar-refractivity contribution is 6.33. The van der Waals surface area contributed by atoms with Gasteiger partial charge in [0.25, 0.3) is 0 Å². The average Bonchev–Trinajstić information content (AvgIpc) is 3.51. The molecule has 2 aliphatic heterocycles. The van der Waals surface area contributed by atoms with Gasteiger partial charge in [0.15, 0.2) is 12.0 Å². The highest BCUT2D eigenvalue weighted by Crippen LogP contribution is 2.34. The first-order valence-electron chi connectivity index (χ1n) is 10.5. The smallest absolute Gasteiger partial charge is 0.193 e. The minimum Gasteiger partial charge on any atom is -0.470 e. The molecule has 6 heteroatoms. The van der Waals surface area contributed by atoms with Gasteiger partial charge in [0.1, 0.15) is 6.10 Å². The molecular formula is C25H21ClN2O3. The Bertz CT molecular complexity index is 1220. The third-order valence-corrected chi connectivity index (χ3v) is 6.28. The van der Waals surface area contributed by atoms with Gasteiger partial charge in [-0.05, 0) is 23.6 Å². The molecule has 2 saturated heterocycles. The first kappa shape index (κ1) is 18.9. The van der Waals surface area contributed by atoms with Crippen LogP contribution in [0.2, 0.25) is 5.02 Å². The van der Waals surface area contributed by atoms with E-state index >= 15 is 0 Å². The van der Waals surface area contributed by atoms with Crippen LogP contribution < -0.4 is 4.74 Å². The van der Waals surface area contributed by atoms with Crippen LogP contribution in [-0.4, -0.2) is 41.5 Å². The van der Waals surface area contributed by atoms with E-state index in [9.17, 15) is 0 Å². The number of aromatic amines is 1. The van der Waals surface area contributed by atoms with E-state index in [-0.39, 0.29) is 18.3 Å². The molecule has 0 aliphatic carbocycles. The molecule has 4 heterocycles. The van der Waals surface area contributed by atoms with E-state index in [1.54, 1.807) is 0 Å². The second kappa shape index (κ2) is 7.68. The Hall–Kier alpha value is -2.86. The summed E-state index contributed by atoms with van der Waals surface area (Å²) in [6, 6.07) is 22.4. The van der Waals surface area contributed by atoms with Crippen molar-refractivity contribution in [1.29, 1.82) is 0 Å². The summed E-state index contributed by atoms with van der Waals surface area (Å²) in [5.41, 5.74) is 5.71. The number of fused-ring (bicyclic) bond motifs is 2. The molecule has 6 rings (SSSR count). The van der Waals surface area contributed by atoms with Crippen LogP contribution in [0.4, 0.5) is 0 Å². The third-order valence-electron chi connectivity index (χ3n) is 6.00. The first-order valence-corrected chi connectivity index (χ1v) is 10.9. The number of nitrogens with zero attached hydrogens (tertiary/aromatic N) is 1. The lowest BCUT2D eigenvalue weighted by Gasteiger charge is -2.16. The Morgan fingerprint density at radius 3 is 2.55 bits per heavy atom. The number of hydrogen-bond acceptors (Lipinski definition) is 4. The quantitative estimate of drug-likeness (QED) is 0.463. The molecule has 0 bridgehead atoms. The lowest BCUT2D eigenvalue weighted by molar-refractivity contribution is 0.0292. The Labute approximate surface area is 184 Å². The number of pyridine rings is 1. The summed E-state index contributed by atoms with van der Waals surface area (Å²) < 4.78 is 17.7. The van der Waals surface area contributed by atoms with Crippen molar-refractivity contribution in [2.24, 2.45) is 0 Å². The van der Waals surface area contributed by atoms with Gasteiger partial charge in [-0.3, -0.25) is 0 Å². The minimum atomic E-state index is -0.110. The Morgan fingerprint density at radius 1 is 0.935 bits per heavy atom. The van der Waals surface area contributed by atoms with Crippen molar-refractivity contribution in [3.8, 4) is 28.3 Å². The number of H-pyrrole nitrogens is 1. The van der Waals surface area contributed by atoms with Crippen LogP contribution >= 0.6 is 11.6 Å². The Morgan fingerprint density at radius 2 is 1.71 bits per heavy atom. The highest BCUT2D eigenvalue weighted by Gasteiger charge is 2.43. The highest BCUT2D eigenvalue weighted by atomic mass is 35.5. The SMILES string of the molecule is Clc1cc2[nH]c(O[C@@H]3COC4CCOC43)cc2nc1-c1ccc(-c2ccccc2)cc1. The van der Waals surface area contributed by atoms with Crippen LogP contribution in [0.3, 0.4) is 0 Å². The van der Waals surface area contributed by atoms with Crippen LogP contribution in [0.25, 0.3) is 33.4 Å². The normalized spacial score (nSPS) is 22.7. The van der Waals surface area contributed by atoms with Crippen LogP contribution in [0.1, 0.15) is 6.42 Å². The lowest BCUT2D eigenvalue weighted by atomic mass is 10.0. The van der Waals surface area contributed by atoms with E-state index in [0.29, 0.717) is 17.5 Å². The second-order valence-corrected chi connectivity index (χ2v) is 8.39. The van der Waals surface area contributed by atoms with E-state index in [4.69, 9.17) is 30.8 Å². The molecule has 2 unspecified atom stereocenters. The predicted octanol–water partition coefficient (Wildman–Crippen LogP) is 5.49. The molecule has 0 saturated carbocycles. The molecule has 2 fully saturated rings. The van der Waals surface area contributed by atoms with E-state index in [1.807, 2.05) is 30.3 Å².